The summed E-state index contributed by atoms with van der Waals surface area (Å²) in [7, 11) is 1.68. The van der Waals surface area contributed by atoms with Crippen molar-refractivity contribution in [1.29, 1.82) is 0 Å². The second-order valence-corrected chi connectivity index (χ2v) is 6.14. The number of rotatable bonds is 5. The minimum atomic E-state index is -0.722. The molecule has 1 N–H and O–H groups in total. The van der Waals surface area contributed by atoms with Gasteiger partial charge in [0.05, 0.1) is 12.9 Å². The fourth-order valence-corrected chi connectivity index (χ4v) is 3.94. The SMILES string of the molecule is COc1cccc(C2CCCCC2SCC(=O)O)c1. The number of ether oxygens (including phenoxy) is 1. The van der Waals surface area contributed by atoms with Gasteiger partial charge < -0.3 is 9.84 Å². The maximum absolute atomic E-state index is 10.7. The number of carboxylic acid groups (broad SMARTS) is 1. The van der Waals surface area contributed by atoms with E-state index in [2.05, 4.69) is 12.1 Å². The van der Waals surface area contributed by atoms with Crippen LogP contribution in [0.15, 0.2) is 24.3 Å². The Bertz CT molecular complexity index is 433. The molecule has 1 aliphatic carbocycles. The molecule has 0 spiro atoms. The van der Waals surface area contributed by atoms with Gasteiger partial charge in [-0.1, -0.05) is 25.0 Å². The van der Waals surface area contributed by atoms with Crippen LogP contribution in [0.25, 0.3) is 0 Å². The molecule has 0 radical (unpaired) electrons. The fourth-order valence-electron chi connectivity index (χ4n) is 2.73. The van der Waals surface area contributed by atoms with Gasteiger partial charge in [0, 0.05) is 5.25 Å². The number of thioether (sulfide) groups is 1. The van der Waals surface area contributed by atoms with Gasteiger partial charge in [-0.25, -0.2) is 0 Å². The summed E-state index contributed by atoms with van der Waals surface area (Å²) in [6.45, 7) is 0. The van der Waals surface area contributed by atoms with Crippen LogP contribution >= 0.6 is 11.8 Å². The third kappa shape index (κ3) is 3.90. The average Bonchev–Trinajstić information content (AvgIpc) is 2.45. The van der Waals surface area contributed by atoms with Crippen molar-refractivity contribution < 1.29 is 14.6 Å². The number of aliphatic carboxylic acids is 1. The van der Waals surface area contributed by atoms with Gasteiger partial charge >= 0.3 is 5.97 Å². The van der Waals surface area contributed by atoms with Crippen molar-refractivity contribution in [2.75, 3.05) is 12.9 Å². The molecule has 0 amide bonds. The Morgan fingerprint density at radius 1 is 1.42 bits per heavy atom. The van der Waals surface area contributed by atoms with E-state index in [1.54, 1.807) is 18.9 Å². The number of hydrogen-bond donors (Lipinski definition) is 1. The van der Waals surface area contributed by atoms with Crippen LogP contribution in [0.4, 0.5) is 0 Å². The largest absolute Gasteiger partial charge is 0.497 e. The molecule has 2 unspecified atom stereocenters. The molecule has 0 bridgehead atoms. The minimum Gasteiger partial charge on any atom is -0.497 e. The van der Waals surface area contributed by atoms with Crippen LogP contribution in [-0.2, 0) is 4.79 Å². The van der Waals surface area contributed by atoms with E-state index in [-0.39, 0.29) is 5.75 Å². The predicted octanol–water partition coefficient (Wildman–Crippen LogP) is 3.54. The first kappa shape index (κ1) is 14.3. The van der Waals surface area contributed by atoms with Crippen molar-refractivity contribution in [2.24, 2.45) is 0 Å². The topological polar surface area (TPSA) is 46.5 Å². The number of carboxylic acids is 1. The molecule has 4 heteroatoms. The van der Waals surface area contributed by atoms with Gasteiger partial charge in [-0.3, -0.25) is 4.79 Å². The Kier molecular flexibility index (Phi) is 5.14. The van der Waals surface area contributed by atoms with Crippen LogP contribution < -0.4 is 4.74 Å². The predicted molar refractivity (Wildman–Crippen MR) is 78.1 cm³/mol. The van der Waals surface area contributed by atoms with Crippen LogP contribution in [0.3, 0.4) is 0 Å². The molecule has 3 nitrogen and oxygen atoms in total. The second kappa shape index (κ2) is 6.85. The standard InChI is InChI=1S/C15H20O3S/c1-18-12-6-4-5-11(9-12)13-7-2-3-8-14(13)19-10-15(16)17/h4-6,9,13-14H,2-3,7-8,10H2,1H3,(H,16,17). The first-order chi connectivity index (χ1) is 9.20. The van der Waals surface area contributed by atoms with Gasteiger partial charge in [0.15, 0.2) is 0 Å². The zero-order chi connectivity index (χ0) is 13.7. The van der Waals surface area contributed by atoms with Gasteiger partial charge in [0.25, 0.3) is 0 Å². The summed E-state index contributed by atoms with van der Waals surface area (Å²) >= 11 is 1.58. The summed E-state index contributed by atoms with van der Waals surface area (Å²) in [6, 6.07) is 8.19. The van der Waals surface area contributed by atoms with E-state index in [4.69, 9.17) is 9.84 Å². The molecule has 1 aromatic rings. The molecular weight excluding hydrogens is 260 g/mol. The monoisotopic (exact) mass is 280 g/mol. The van der Waals surface area contributed by atoms with Gasteiger partial charge in [-0.05, 0) is 36.5 Å². The third-order valence-corrected chi connectivity index (χ3v) is 5.05. The lowest BCUT2D eigenvalue weighted by atomic mass is 9.83. The van der Waals surface area contributed by atoms with Crippen molar-refractivity contribution in [3.8, 4) is 5.75 Å². The quantitative estimate of drug-likeness (QED) is 0.896. The maximum atomic E-state index is 10.7. The molecule has 0 saturated heterocycles. The van der Waals surface area contributed by atoms with Crippen LogP contribution in [0.2, 0.25) is 0 Å². The van der Waals surface area contributed by atoms with E-state index in [0.717, 1.165) is 18.6 Å². The summed E-state index contributed by atoms with van der Waals surface area (Å²) < 4.78 is 5.28. The highest BCUT2D eigenvalue weighted by Gasteiger charge is 2.27. The highest BCUT2D eigenvalue weighted by Crippen LogP contribution is 2.40. The van der Waals surface area contributed by atoms with Gasteiger partial charge in [0.2, 0.25) is 0 Å². The summed E-state index contributed by atoms with van der Waals surface area (Å²) in [5, 5.41) is 9.26. The summed E-state index contributed by atoms with van der Waals surface area (Å²) in [5.41, 5.74) is 1.28. The highest BCUT2D eigenvalue weighted by atomic mass is 32.2. The number of methoxy groups -OCH3 is 1. The molecule has 1 fully saturated rings. The van der Waals surface area contributed by atoms with Crippen LogP contribution in [0.1, 0.15) is 37.2 Å². The maximum Gasteiger partial charge on any atom is 0.313 e. The number of carbonyl (C=O) groups is 1. The summed E-state index contributed by atoms with van der Waals surface area (Å²) in [4.78, 5) is 10.7. The van der Waals surface area contributed by atoms with Crippen LogP contribution in [-0.4, -0.2) is 29.2 Å². The fraction of sp³-hybridized carbons (Fsp3) is 0.533. The number of benzene rings is 1. The zero-order valence-electron chi connectivity index (χ0n) is 11.2. The molecule has 0 aliphatic heterocycles. The molecule has 0 heterocycles. The van der Waals surface area contributed by atoms with Gasteiger partial charge in [-0.2, -0.15) is 0 Å². The molecular formula is C15H20O3S. The van der Waals surface area contributed by atoms with E-state index in [1.165, 1.54) is 18.4 Å². The molecule has 0 aromatic heterocycles. The molecule has 104 valence electrons. The number of hydrogen-bond acceptors (Lipinski definition) is 3. The third-order valence-electron chi connectivity index (χ3n) is 3.65. The van der Waals surface area contributed by atoms with Crippen LogP contribution in [0, 0.1) is 0 Å². The van der Waals surface area contributed by atoms with E-state index in [9.17, 15) is 4.79 Å². The van der Waals surface area contributed by atoms with E-state index >= 15 is 0 Å². The lowest BCUT2D eigenvalue weighted by Crippen LogP contribution is -2.21. The summed E-state index contributed by atoms with van der Waals surface area (Å²) in [6.07, 6.45) is 4.69. The molecule has 1 aliphatic rings. The Labute approximate surface area is 118 Å². The summed E-state index contributed by atoms with van der Waals surface area (Å²) in [5.74, 6) is 0.809. The Hall–Kier alpha value is -1.16. The van der Waals surface area contributed by atoms with Crippen molar-refractivity contribution in [3.05, 3.63) is 29.8 Å². The Balaban J connectivity index is 2.11. The van der Waals surface area contributed by atoms with E-state index in [1.807, 2.05) is 12.1 Å². The molecule has 1 aromatic carbocycles. The van der Waals surface area contributed by atoms with Gasteiger partial charge in [0.1, 0.15) is 5.75 Å². The molecule has 19 heavy (non-hydrogen) atoms. The van der Waals surface area contributed by atoms with Crippen molar-refractivity contribution in [3.63, 3.8) is 0 Å². The minimum absolute atomic E-state index is 0.200. The molecule has 1 saturated carbocycles. The van der Waals surface area contributed by atoms with Crippen molar-refractivity contribution in [2.45, 2.75) is 36.9 Å². The lowest BCUT2D eigenvalue weighted by Gasteiger charge is -2.31. The molecule has 2 rings (SSSR count). The highest BCUT2D eigenvalue weighted by molar-refractivity contribution is 8.00. The van der Waals surface area contributed by atoms with E-state index < -0.39 is 5.97 Å². The Morgan fingerprint density at radius 2 is 2.21 bits per heavy atom. The molecule has 2 atom stereocenters. The zero-order valence-corrected chi connectivity index (χ0v) is 12.0. The van der Waals surface area contributed by atoms with Crippen molar-refractivity contribution in [1.82, 2.24) is 0 Å². The Morgan fingerprint density at radius 3 is 2.95 bits per heavy atom. The van der Waals surface area contributed by atoms with Crippen molar-refractivity contribution >= 4 is 17.7 Å². The smallest absolute Gasteiger partial charge is 0.313 e. The van der Waals surface area contributed by atoms with Gasteiger partial charge in [-0.15, -0.1) is 11.8 Å². The van der Waals surface area contributed by atoms with Crippen LogP contribution in [0.5, 0.6) is 5.75 Å². The average molecular weight is 280 g/mol. The second-order valence-electron chi connectivity index (χ2n) is 4.91. The normalized spacial score (nSPS) is 23.0. The first-order valence-corrected chi connectivity index (χ1v) is 7.73. The van der Waals surface area contributed by atoms with E-state index in [0.29, 0.717) is 11.2 Å². The first-order valence-electron chi connectivity index (χ1n) is 6.68. The lowest BCUT2D eigenvalue weighted by molar-refractivity contribution is -0.133.